The van der Waals surface area contributed by atoms with Crippen molar-refractivity contribution in [2.75, 3.05) is 13.1 Å². The number of aromatic nitrogens is 1. The van der Waals surface area contributed by atoms with Gasteiger partial charge in [-0.2, -0.15) is 10.4 Å². The van der Waals surface area contributed by atoms with E-state index in [2.05, 4.69) is 10.1 Å². The van der Waals surface area contributed by atoms with Crippen molar-refractivity contribution in [3.63, 3.8) is 0 Å². The predicted octanol–water partition coefficient (Wildman–Crippen LogP) is 3.81. The standard InChI is InChI=1S/C20H15F4N5O/c21-15-5-12(6-16(22)8-15)18-2-4-27-29(18)19(30)28-10-14(11-28)20(23,24)13-1-3-26-17(7-13)9-25/h1,3-8,14,18H,2,10-11H2/t18-/m0/s1. The Kier molecular flexibility index (Phi) is 4.89. The molecule has 1 aromatic heterocycles. The summed E-state index contributed by atoms with van der Waals surface area (Å²) < 4.78 is 56.6. The van der Waals surface area contributed by atoms with Crippen LogP contribution in [0.15, 0.2) is 41.6 Å². The maximum atomic E-state index is 14.8. The second-order valence-corrected chi connectivity index (χ2v) is 7.15. The lowest BCUT2D eigenvalue weighted by atomic mass is 9.88. The fraction of sp³-hybridized carbons (Fsp3) is 0.300. The molecule has 0 aliphatic carbocycles. The minimum absolute atomic E-state index is 0.115. The number of urea groups is 1. The molecule has 154 valence electrons. The number of benzene rings is 1. The Labute approximate surface area is 169 Å². The van der Waals surface area contributed by atoms with Crippen LogP contribution < -0.4 is 0 Å². The Morgan fingerprint density at radius 1 is 1.17 bits per heavy atom. The summed E-state index contributed by atoms with van der Waals surface area (Å²) in [6.07, 6.45) is 2.85. The summed E-state index contributed by atoms with van der Waals surface area (Å²) in [6.45, 7) is -0.432. The fourth-order valence-electron chi connectivity index (χ4n) is 3.59. The van der Waals surface area contributed by atoms with Gasteiger partial charge in [0.05, 0.1) is 12.0 Å². The van der Waals surface area contributed by atoms with Gasteiger partial charge in [-0.05, 0) is 29.8 Å². The van der Waals surface area contributed by atoms with E-state index < -0.39 is 35.5 Å². The normalized spacial score (nSPS) is 19.0. The lowest BCUT2D eigenvalue weighted by molar-refractivity contribution is -0.115. The van der Waals surface area contributed by atoms with Crippen molar-refractivity contribution in [2.45, 2.75) is 18.4 Å². The molecule has 4 rings (SSSR count). The molecule has 0 unspecified atom stereocenters. The Bertz CT molecular complexity index is 1040. The lowest BCUT2D eigenvalue weighted by Gasteiger charge is -2.44. The van der Waals surface area contributed by atoms with E-state index in [-0.39, 0.29) is 36.3 Å². The number of carbonyl (C=O) groups is 1. The van der Waals surface area contributed by atoms with E-state index in [0.29, 0.717) is 0 Å². The molecule has 2 amide bonds. The first kappa shape index (κ1) is 19.8. The number of carbonyl (C=O) groups excluding carboxylic acids is 1. The van der Waals surface area contributed by atoms with Gasteiger partial charge in [-0.25, -0.2) is 32.3 Å². The molecule has 6 nitrogen and oxygen atoms in total. The van der Waals surface area contributed by atoms with Gasteiger partial charge in [-0.3, -0.25) is 0 Å². The van der Waals surface area contributed by atoms with Crippen LogP contribution in [-0.4, -0.2) is 40.2 Å². The maximum Gasteiger partial charge on any atom is 0.341 e. The minimum Gasteiger partial charge on any atom is -0.322 e. The fourth-order valence-corrected chi connectivity index (χ4v) is 3.59. The number of likely N-dealkylation sites (tertiary alicyclic amines) is 1. The molecule has 1 aromatic carbocycles. The van der Waals surface area contributed by atoms with Crippen LogP contribution in [-0.2, 0) is 5.92 Å². The SMILES string of the molecule is N#Cc1cc(C(F)(F)C2CN(C(=O)N3N=CC[C@H]3c3cc(F)cc(F)c3)C2)ccn1. The van der Waals surface area contributed by atoms with Gasteiger partial charge in [0.1, 0.15) is 23.4 Å². The van der Waals surface area contributed by atoms with Crippen molar-refractivity contribution >= 4 is 12.2 Å². The first-order chi connectivity index (χ1) is 14.3. The number of hydrazone groups is 1. The first-order valence-electron chi connectivity index (χ1n) is 9.10. The highest BCUT2D eigenvalue weighted by Gasteiger charge is 2.50. The van der Waals surface area contributed by atoms with Crippen molar-refractivity contribution in [1.29, 1.82) is 5.26 Å². The number of nitriles is 1. The molecule has 30 heavy (non-hydrogen) atoms. The number of alkyl halides is 2. The monoisotopic (exact) mass is 417 g/mol. The average Bonchev–Trinajstić information content (AvgIpc) is 3.16. The zero-order valence-electron chi connectivity index (χ0n) is 15.5. The van der Waals surface area contributed by atoms with E-state index in [1.807, 2.05) is 0 Å². The zero-order valence-corrected chi connectivity index (χ0v) is 15.5. The van der Waals surface area contributed by atoms with E-state index in [4.69, 9.17) is 5.26 Å². The molecule has 0 spiro atoms. The molecule has 0 radical (unpaired) electrons. The maximum absolute atomic E-state index is 14.8. The highest BCUT2D eigenvalue weighted by molar-refractivity contribution is 5.79. The summed E-state index contributed by atoms with van der Waals surface area (Å²) in [4.78, 5) is 17.6. The van der Waals surface area contributed by atoms with Crippen LogP contribution in [0.25, 0.3) is 0 Å². The smallest absolute Gasteiger partial charge is 0.322 e. The van der Waals surface area contributed by atoms with Crippen molar-refractivity contribution in [2.24, 2.45) is 11.0 Å². The molecule has 3 heterocycles. The summed E-state index contributed by atoms with van der Waals surface area (Å²) in [7, 11) is 0. The number of halogens is 4. The first-order valence-corrected chi connectivity index (χ1v) is 9.10. The Morgan fingerprint density at radius 2 is 1.87 bits per heavy atom. The molecule has 1 atom stereocenters. The molecule has 2 aliphatic rings. The average molecular weight is 417 g/mol. The van der Waals surface area contributed by atoms with Crippen molar-refractivity contribution in [1.82, 2.24) is 14.9 Å². The number of hydrogen-bond acceptors (Lipinski definition) is 4. The molecule has 2 aliphatic heterocycles. The van der Waals surface area contributed by atoms with Crippen LogP contribution in [0.5, 0.6) is 0 Å². The van der Waals surface area contributed by atoms with E-state index in [1.54, 1.807) is 6.07 Å². The number of rotatable bonds is 3. The minimum atomic E-state index is -3.25. The van der Waals surface area contributed by atoms with Crippen LogP contribution in [0.3, 0.4) is 0 Å². The van der Waals surface area contributed by atoms with E-state index >= 15 is 0 Å². The molecule has 1 saturated heterocycles. The van der Waals surface area contributed by atoms with Crippen LogP contribution >= 0.6 is 0 Å². The quantitative estimate of drug-likeness (QED) is 0.713. The molecule has 1 fully saturated rings. The van der Waals surface area contributed by atoms with E-state index in [0.717, 1.165) is 41.5 Å². The molecule has 2 aromatic rings. The second-order valence-electron chi connectivity index (χ2n) is 7.15. The van der Waals surface area contributed by atoms with Gasteiger partial charge in [0.25, 0.3) is 5.92 Å². The molecule has 0 bridgehead atoms. The summed E-state index contributed by atoms with van der Waals surface area (Å²) >= 11 is 0. The summed E-state index contributed by atoms with van der Waals surface area (Å²) in [6, 6.07) is 5.54. The summed E-state index contributed by atoms with van der Waals surface area (Å²) in [5.41, 5.74) is -0.212. The van der Waals surface area contributed by atoms with Crippen LogP contribution in [0.1, 0.15) is 29.3 Å². The molecule has 0 saturated carbocycles. The van der Waals surface area contributed by atoms with Gasteiger partial charge in [-0.15, -0.1) is 0 Å². The number of pyridine rings is 1. The van der Waals surface area contributed by atoms with Gasteiger partial charge in [0.15, 0.2) is 0 Å². The van der Waals surface area contributed by atoms with Crippen LogP contribution in [0, 0.1) is 28.9 Å². The van der Waals surface area contributed by atoms with Crippen molar-refractivity contribution in [3.8, 4) is 6.07 Å². The zero-order chi connectivity index (χ0) is 21.5. The Hall–Kier alpha value is -3.48. The van der Waals surface area contributed by atoms with E-state index in [9.17, 15) is 22.4 Å². The largest absolute Gasteiger partial charge is 0.341 e. The highest BCUT2D eigenvalue weighted by atomic mass is 19.3. The third-order valence-electron chi connectivity index (χ3n) is 5.22. The lowest BCUT2D eigenvalue weighted by Crippen LogP contribution is -2.58. The number of amides is 2. The highest BCUT2D eigenvalue weighted by Crippen LogP contribution is 2.42. The molecular weight excluding hydrogens is 402 g/mol. The van der Waals surface area contributed by atoms with Gasteiger partial charge >= 0.3 is 6.03 Å². The number of nitrogens with zero attached hydrogens (tertiary/aromatic N) is 5. The van der Waals surface area contributed by atoms with Gasteiger partial charge in [0, 0.05) is 43.6 Å². The number of hydrogen-bond donors (Lipinski definition) is 0. The van der Waals surface area contributed by atoms with Gasteiger partial charge in [-0.1, -0.05) is 0 Å². The third-order valence-corrected chi connectivity index (χ3v) is 5.22. The second kappa shape index (κ2) is 7.40. The molecular formula is C20H15F4N5O. The van der Waals surface area contributed by atoms with Gasteiger partial charge in [0.2, 0.25) is 0 Å². The van der Waals surface area contributed by atoms with Crippen molar-refractivity contribution < 1.29 is 22.4 Å². The molecule has 0 N–H and O–H groups in total. The summed E-state index contributed by atoms with van der Waals surface area (Å²) in [5.74, 6) is -5.93. The Morgan fingerprint density at radius 3 is 2.53 bits per heavy atom. The Balaban J connectivity index is 1.45. The van der Waals surface area contributed by atoms with E-state index in [1.165, 1.54) is 11.1 Å². The predicted molar refractivity (Wildman–Crippen MR) is 97.4 cm³/mol. The molecule has 10 heteroatoms. The summed E-state index contributed by atoms with van der Waals surface area (Å²) in [5, 5.41) is 13.9. The van der Waals surface area contributed by atoms with Crippen LogP contribution in [0.4, 0.5) is 22.4 Å². The third kappa shape index (κ3) is 3.47. The van der Waals surface area contributed by atoms with Crippen LogP contribution in [0.2, 0.25) is 0 Å². The van der Waals surface area contributed by atoms with Gasteiger partial charge < -0.3 is 4.90 Å². The topological polar surface area (TPSA) is 72.6 Å². The van der Waals surface area contributed by atoms with Crippen molar-refractivity contribution in [3.05, 3.63) is 65.0 Å².